The molecule has 3 fully saturated rings. The van der Waals surface area contributed by atoms with Crippen LogP contribution in [-0.2, 0) is 19.0 Å². The van der Waals surface area contributed by atoms with E-state index in [9.17, 15) is 4.79 Å². The number of rotatable bonds is 5. The van der Waals surface area contributed by atoms with Crippen LogP contribution < -0.4 is 0 Å². The third kappa shape index (κ3) is 3.15. The Bertz CT molecular complexity index is 380. The highest BCUT2D eigenvalue weighted by Crippen LogP contribution is 2.35. The first kappa shape index (κ1) is 15.0. The molecule has 2 heterocycles. The molecule has 3 rings (SSSR count). The Balaban J connectivity index is 1.60. The van der Waals surface area contributed by atoms with E-state index < -0.39 is 0 Å². The van der Waals surface area contributed by atoms with E-state index in [0.29, 0.717) is 38.9 Å². The van der Waals surface area contributed by atoms with Gasteiger partial charge >= 0.3 is 0 Å². The maximum absolute atomic E-state index is 12.6. The van der Waals surface area contributed by atoms with Gasteiger partial charge in [0, 0.05) is 19.1 Å². The molecule has 0 bridgehead atoms. The van der Waals surface area contributed by atoms with Gasteiger partial charge in [-0.05, 0) is 25.7 Å². The summed E-state index contributed by atoms with van der Waals surface area (Å²) in [7, 11) is 0. The molecule has 0 unspecified atom stereocenters. The van der Waals surface area contributed by atoms with Crippen LogP contribution in [0, 0.1) is 5.92 Å². The molecule has 3 aliphatic rings. The molecule has 4 atom stereocenters. The Morgan fingerprint density at radius 3 is 2.95 bits per heavy atom. The van der Waals surface area contributed by atoms with E-state index in [2.05, 4.69) is 6.58 Å². The average Bonchev–Trinajstić information content (AvgIpc) is 3.16. The van der Waals surface area contributed by atoms with Gasteiger partial charge in [-0.3, -0.25) is 4.79 Å². The minimum Gasteiger partial charge on any atom is -0.377 e. The number of morpholine rings is 1. The molecule has 21 heavy (non-hydrogen) atoms. The van der Waals surface area contributed by atoms with Gasteiger partial charge in [0.15, 0.2) is 0 Å². The molecule has 0 aromatic carbocycles. The normalized spacial score (nSPS) is 35.7. The van der Waals surface area contributed by atoms with Crippen molar-refractivity contribution < 1.29 is 19.0 Å². The van der Waals surface area contributed by atoms with E-state index in [0.717, 1.165) is 25.7 Å². The molecular weight excluding hydrogens is 270 g/mol. The maximum atomic E-state index is 12.6. The van der Waals surface area contributed by atoms with Crippen LogP contribution in [0.1, 0.15) is 25.7 Å². The lowest BCUT2D eigenvalue weighted by Crippen LogP contribution is -2.55. The van der Waals surface area contributed by atoms with Crippen LogP contribution in [0.3, 0.4) is 0 Å². The van der Waals surface area contributed by atoms with Gasteiger partial charge in [-0.1, -0.05) is 6.08 Å². The van der Waals surface area contributed by atoms with Crippen molar-refractivity contribution in [3.8, 4) is 0 Å². The fraction of sp³-hybridized carbons (Fsp3) is 0.812. The van der Waals surface area contributed by atoms with E-state index in [1.807, 2.05) is 4.90 Å². The molecule has 0 aromatic heterocycles. The van der Waals surface area contributed by atoms with Crippen LogP contribution >= 0.6 is 0 Å². The van der Waals surface area contributed by atoms with Gasteiger partial charge in [-0.25, -0.2) is 0 Å². The van der Waals surface area contributed by atoms with Gasteiger partial charge in [0.2, 0.25) is 0 Å². The maximum Gasteiger partial charge on any atom is 0.252 e. The van der Waals surface area contributed by atoms with E-state index in [1.165, 1.54) is 0 Å². The van der Waals surface area contributed by atoms with Crippen molar-refractivity contribution in [3.63, 3.8) is 0 Å². The largest absolute Gasteiger partial charge is 0.377 e. The fourth-order valence-electron chi connectivity index (χ4n) is 3.77. The molecule has 5 heteroatoms. The number of hydrogen-bond acceptors (Lipinski definition) is 4. The monoisotopic (exact) mass is 295 g/mol. The minimum atomic E-state index is -0.222. The number of ether oxygens (including phenoxy) is 3. The number of amides is 1. The molecule has 118 valence electrons. The summed E-state index contributed by atoms with van der Waals surface area (Å²) in [5, 5.41) is 0. The summed E-state index contributed by atoms with van der Waals surface area (Å²) in [6.45, 7) is 6.96. The molecule has 0 radical (unpaired) electrons. The van der Waals surface area contributed by atoms with Crippen LogP contribution in [0.4, 0.5) is 0 Å². The summed E-state index contributed by atoms with van der Waals surface area (Å²) in [6.07, 6.45) is 5.58. The lowest BCUT2D eigenvalue weighted by atomic mass is 10.0. The Hall–Kier alpha value is -0.910. The van der Waals surface area contributed by atoms with Crippen LogP contribution in [0.25, 0.3) is 0 Å². The summed E-state index contributed by atoms with van der Waals surface area (Å²) in [4.78, 5) is 14.6. The number of carbonyl (C=O) groups excluding carboxylic acids is 1. The van der Waals surface area contributed by atoms with Crippen molar-refractivity contribution in [2.75, 3.05) is 33.0 Å². The molecule has 2 aliphatic heterocycles. The van der Waals surface area contributed by atoms with Gasteiger partial charge in [-0.15, -0.1) is 6.58 Å². The second-order valence-corrected chi connectivity index (χ2v) is 6.10. The first-order valence-corrected chi connectivity index (χ1v) is 8.03. The van der Waals surface area contributed by atoms with Crippen LogP contribution in [0.2, 0.25) is 0 Å². The lowest BCUT2D eigenvalue weighted by Gasteiger charge is -2.40. The number of carbonyl (C=O) groups is 1. The number of nitrogens with zero attached hydrogens (tertiary/aromatic N) is 1. The standard InChI is InChI=1S/C16H25NO4/c1-2-8-19-11-12-5-6-13-15(12)21-10-7-17(13)16(18)14-4-3-9-20-14/h2,12-15H,1,3-11H2/t12-,13+,14-,15-/m0/s1. The minimum absolute atomic E-state index is 0.119. The zero-order valence-corrected chi connectivity index (χ0v) is 12.5. The highest BCUT2D eigenvalue weighted by atomic mass is 16.5. The van der Waals surface area contributed by atoms with Crippen molar-refractivity contribution >= 4 is 5.91 Å². The number of fused-ring (bicyclic) bond motifs is 1. The molecule has 2 saturated heterocycles. The van der Waals surface area contributed by atoms with Crippen LogP contribution in [0.5, 0.6) is 0 Å². The van der Waals surface area contributed by atoms with E-state index >= 15 is 0 Å². The van der Waals surface area contributed by atoms with Gasteiger partial charge in [0.25, 0.3) is 5.91 Å². The van der Waals surface area contributed by atoms with Gasteiger partial charge in [0.05, 0.1) is 32.0 Å². The highest BCUT2D eigenvalue weighted by molar-refractivity contribution is 5.81. The van der Waals surface area contributed by atoms with E-state index in [4.69, 9.17) is 14.2 Å². The van der Waals surface area contributed by atoms with Crippen molar-refractivity contribution in [2.45, 2.75) is 43.9 Å². The van der Waals surface area contributed by atoms with Crippen LogP contribution in [0.15, 0.2) is 12.7 Å². The van der Waals surface area contributed by atoms with E-state index in [1.54, 1.807) is 6.08 Å². The molecule has 1 saturated carbocycles. The molecule has 0 spiro atoms. The van der Waals surface area contributed by atoms with Crippen molar-refractivity contribution in [1.29, 1.82) is 0 Å². The predicted octanol–water partition coefficient (Wildman–Crippen LogP) is 1.37. The van der Waals surface area contributed by atoms with Crippen molar-refractivity contribution in [2.24, 2.45) is 5.92 Å². The zero-order chi connectivity index (χ0) is 14.7. The van der Waals surface area contributed by atoms with E-state index in [-0.39, 0.29) is 24.2 Å². The van der Waals surface area contributed by atoms with Crippen molar-refractivity contribution in [3.05, 3.63) is 12.7 Å². The Kier molecular flexibility index (Phi) is 4.93. The van der Waals surface area contributed by atoms with Crippen molar-refractivity contribution in [1.82, 2.24) is 4.90 Å². The average molecular weight is 295 g/mol. The highest BCUT2D eigenvalue weighted by Gasteiger charge is 2.45. The SMILES string of the molecule is C=CCOC[C@@H]1CC[C@@H]2[C@H]1OCCN2C(=O)[C@@H]1CCCO1. The Morgan fingerprint density at radius 1 is 1.29 bits per heavy atom. The predicted molar refractivity (Wildman–Crippen MR) is 78.0 cm³/mol. The first-order chi connectivity index (χ1) is 10.3. The first-order valence-electron chi connectivity index (χ1n) is 8.03. The fourth-order valence-corrected chi connectivity index (χ4v) is 3.77. The van der Waals surface area contributed by atoms with Gasteiger partial charge in [0.1, 0.15) is 6.10 Å². The third-order valence-corrected chi connectivity index (χ3v) is 4.78. The summed E-state index contributed by atoms with van der Waals surface area (Å²) in [5.41, 5.74) is 0. The molecule has 1 amide bonds. The number of hydrogen-bond donors (Lipinski definition) is 0. The lowest BCUT2D eigenvalue weighted by molar-refractivity contribution is -0.156. The summed E-state index contributed by atoms with van der Waals surface area (Å²) < 4.78 is 17.1. The summed E-state index contributed by atoms with van der Waals surface area (Å²) in [5.74, 6) is 0.550. The van der Waals surface area contributed by atoms with Gasteiger partial charge < -0.3 is 19.1 Å². The Labute approximate surface area is 126 Å². The van der Waals surface area contributed by atoms with Gasteiger partial charge in [-0.2, -0.15) is 0 Å². The smallest absolute Gasteiger partial charge is 0.252 e. The molecule has 0 N–H and O–H groups in total. The molecule has 5 nitrogen and oxygen atoms in total. The third-order valence-electron chi connectivity index (χ3n) is 4.78. The topological polar surface area (TPSA) is 48.0 Å². The summed E-state index contributed by atoms with van der Waals surface area (Å²) in [6, 6.07) is 0.202. The molecule has 0 aromatic rings. The summed E-state index contributed by atoms with van der Waals surface area (Å²) >= 11 is 0. The molecular formula is C16H25NO4. The Morgan fingerprint density at radius 2 is 2.19 bits per heavy atom. The van der Waals surface area contributed by atoms with Crippen LogP contribution in [-0.4, -0.2) is 62.0 Å². The second kappa shape index (κ2) is 6.90. The quantitative estimate of drug-likeness (QED) is 0.568. The second-order valence-electron chi connectivity index (χ2n) is 6.10. The molecule has 1 aliphatic carbocycles. The zero-order valence-electron chi connectivity index (χ0n) is 12.5.